The lowest BCUT2D eigenvalue weighted by Crippen LogP contribution is -2.09. The molecule has 1 aromatic carbocycles. The van der Waals surface area contributed by atoms with Crippen LogP contribution in [-0.2, 0) is 4.79 Å². The Hall–Kier alpha value is -1.22. The summed E-state index contributed by atoms with van der Waals surface area (Å²) in [5.74, 6) is 0.880. The first-order valence-corrected chi connectivity index (χ1v) is 5.50. The van der Waals surface area contributed by atoms with Gasteiger partial charge in [0.05, 0.1) is 0 Å². The summed E-state index contributed by atoms with van der Waals surface area (Å²) in [4.78, 5) is 11.6. The summed E-state index contributed by atoms with van der Waals surface area (Å²) in [5.41, 5.74) is 2.03. The van der Waals surface area contributed by atoms with Crippen LogP contribution in [0, 0.1) is 0 Å². The van der Waals surface area contributed by atoms with Gasteiger partial charge in [-0.2, -0.15) is 0 Å². The number of para-hydroxylation sites is 1. The monoisotopic (exact) mass is 205 g/mol. The van der Waals surface area contributed by atoms with Gasteiger partial charge in [-0.1, -0.05) is 24.3 Å². The topological polar surface area (TPSA) is 29.1 Å². The third-order valence-electron chi connectivity index (χ3n) is 2.12. The second kappa shape index (κ2) is 3.88. The van der Waals surface area contributed by atoms with E-state index in [1.54, 1.807) is 11.8 Å². The summed E-state index contributed by atoms with van der Waals surface area (Å²) in [5, 5.41) is 2.80. The number of benzene rings is 1. The molecule has 14 heavy (non-hydrogen) atoms. The van der Waals surface area contributed by atoms with Crippen molar-refractivity contribution in [3.8, 4) is 0 Å². The Labute approximate surface area is 87.4 Å². The summed E-state index contributed by atoms with van der Waals surface area (Å²) in [6.45, 7) is 3.65. The van der Waals surface area contributed by atoms with E-state index in [4.69, 9.17) is 0 Å². The van der Waals surface area contributed by atoms with Crippen LogP contribution in [0.5, 0.6) is 0 Å². The van der Waals surface area contributed by atoms with Gasteiger partial charge in [-0.25, -0.2) is 0 Å². The molecule has 0 aliphatic carbocycles. The van der Waals surface area contributed by atoms with Gasteiger partial charge in [-0.05, 0) is 11.6 Å². The van der Waals surface area contributed by atoms with Gasteiger partial charge in [0.25, 0.3) is 0 Å². The van der Waals surface area contributed by atoms with E-state index in [9.17, 15) is 4.79 Å². The van der Waals surface area contributed by atoms with E-state index in [-0.39, 0.29) is 11.2 Å². The van der Waals surface area contributed by atoms with Gasteiger partial charge < -0.3 is 5.32 Å². The van der Waals surface area contributed by atoms with E-state index in [1.165, 1.54) is 0 Å². The molecule has 1 N–H and O–H groups in total. The van der Waals surface area contributed by atoms with Gasteiger partial charge in [0, 0.05) is 11.4 Å². The van der Waals surface area contributed by atoms with Crippen LogP contribution in [-0.4, -0.2) is 11.7 Å². The predicted molar refractivity (Wildman–Crippen MR) is 60.5 cm³/mol. The fourth-order valence-electron chi connectivity index (χ4n) is 1.51. The molecule has 1 heterocycles. The Morgan fingerprint density at radius 2 is 2.29 bits per heavy atom. The normalized spacial score (nSPS) is 18.9. The summed E-state index contributed by atoms with van der Waals surface area (Å²) in [6, 6.07) is 7.82. The molecule has 0 radical (unpaired) electrons. The molecule has 2 rings (SSSR count). The number of amides is 1. The molecule has 0 saturated carbocycles. The van der Waals surface area contributed by atoms with Crippen LogP contribution in [0.15, 0.2) is 36.9 Å². The van der Waals surface area contributed by atoms with Crippen LogP contribution in [0.4, 0.5) is 5.69 Å². The average molecular weight is 205 g/mol. The maximum Gasteiger partial charge on any atom is 0.242 e. The highest BCUT2D eigenvalue weighted by atomic mass is 32.2. The summed E-state index contributed by atoms with van der Waals surface area (Å²) in [6.07, 6.45) is 1.82. The molecular weight excluding hydrogens is 194 g/mol. The van der Waals surface area contributed by atoms with Crippen LogP contribution in [0.2, 0.25) is 0 Å². The number of anilines is 1. The third kappa shape index (κ3) is 1.55. The second-order valence-corrected chi connectivity index (χ2v) is 4.22. The lowest BCUT2D eigenvalue weighted by molar-refractivity contribution is -0.115. The molecule has 1 amide bonds. The van der Waals surface area contributed by atoms with Gasteiger partial charge in [0.2, 0.25) is 5.91 Å². The van der Waals surface area contributed by atoms with E-state index in [2.05, 4.69) is 11.9 Å². The first kappa shape index (κ1) is 9.34. The molecule has 1 atom stereocenters. The summed E-state index contributed by atoms with van der Waals surface area (Å²) < 4.78 is 0. The minimum absolute atomic E-state index is 0.0656. The fraction of sp³-hybridized carbons (Fsp3) is 0.182. The van der Waals surface area contributed by atoms with Crippen molar-refractivity contribution in [1.29, 1.82) is 0 Å². The Morgan fingerprint density at radius 3 is 3.07 bits per heavy atom. The predicted octanol–water partition coefficient (Wildman–Crippen LogP) is 2.60. The van der Waals surface area contributed by atoms with Gasteiger partial charge >= 0.3 is 0 Å². The van der Waals surface area contributed by atoms with Gasteiger partial charge in [0.1, 0.15) is 5.25 Å². The Kier molecular flexibility index (Phi) is 2.59. The molecule has 0 bridgehead atoms. The average Bonchev–Trinajstić information content (AvgIpc) is 2.51. The smallest absolute Gasteiger partial charge is 0.242 e. The SMILES string of the molecule is C=CCSC1C(=O)Nc2ccccc21. The molecule has 1 aromatic rings. The minimum atomic E-state index is -0.0656. The van der Waals surface area contributed by atoms with E-state index in [0.29, 0.717) is 0 Å². The van der Waals surface area contributed by atoms with Crippen molar-refractivity contribution in [3.05, 3.63) is 42.5 Å². The maximum absolute atomic E-state index is 11.6. The lowest BCUT2D eigenvalue weighted by Gasteiger charge is -2.05. The van der Waals surface area contributed by atoms with E-state index in [1.807, 2.05) is 30.3 Å². The maximum atomic E-state index is 11.6. The van der Waals surface area contributed by atoms with E-state index < -0.39 is 0 Å². The van der Waals surface area contributed by atoms with Gasteiger partial charge in [-0.3, -0.25) is 4.79 Å². The van der Waals surface area contributed by atoms with Crippen molar-refractivity contribution in [1.82, 2.24) is 0 Å². The molecule has 1 aliphatic heterocycles. The quantitative estimate of drug-likeness (QED) is 0.768. The van der Waals surface area contributed by atoms with Crippen molar-refractivity contribution in [2.45, 2.75) is 5.25 Å². The largest absolute Gasteiger partial charge is 0.325 e. The van der Waals surface area contributed by atoms with Crippen LogP contribution in [0.3, 0.4) is 0 Å². The van der Waals surface area contributed by atoms with E-state index >= 15 is 0 Å². The highest BCUT2D eigenvalue weighted by Gasteiger charge is 2.29. The molecule has 2 nitrogen and oxygen atoms in total. The Morgan fingerprint density at radius 1 is 1.50 bits per heavy atom. The fourth-order valence-corrected chi connectivity index (χ4v) is 2.43. The molecule has 3 heteroatoms. The summed E-state index contributed by atoms with van der Waals surface area (Å²) >= 11 is 1.60. The highest BCUT2D eigenvalue weighted by Crippen LogP contribution is 2.39. The number of carbonyl (C=O) groups excluding carboxylic acids is 1. The number of thioether (sulfide) groups is 1. The molecule has 0 saturated heterocycles. The minimum Gasteiger partial charge on any atom is -0.325 e. The molecule has 1 unspecified atom stereocenters. The highest BCUT2D eigenvalue weighted by molar-refractivity contribution is 8.00. The molecule has 72 valence electrons. The Balaban J connectivity index is 2.25. The number of fused-ring (bicyclic) bond motifs is 1. The number of hydrogen-bond acceptors (Lipinski definition) is 2. The molecule has 0 fully saturated rings. The molecular formula is C11H11NOS. The van der Waals surface area contributed by atoms with Crippen molar-refractivity contribution in [3.63, 3.8) is 0 Å². The molecule has 0 spiro atoms. The Bertz CT molecular complexity index is 375. The molecule has 1 aliphatic rings. The van der Waals surface area contributed by atoms with Gasteiger partial charge in [0.15, 0.2) is 0 Å². The van der Waals surface area contributed by atoms with Gasteiger partial charge in [-0.15, -0.1) is 18.3 Å². The van der Waals surface area contributed by atoms with Crippen molar-refractivity contribution in [2.75, 3.05) is 11.1 Å². The van der Waals surface area contributed by atoms with Crippen molar-refractivity contribution in [2.24, 2.45) is 0 Å². The second-order valence-electron chi connectivity index (χ2n) is 3.08. The van der Waals surface area contributed by atoms with E-state index in [0.717, 1.165) is 17.0 Å². The number of carbonyl (C=O) groups is 1. The lowest BCUT2D eigenvalue weighted by atomic mass is 10.2. The van der Waals surface area contributed by atoms with Crippen LogP contribution >= 0.6 is 11.8 Å². The van der Waals surface area contributed by atoms with Crippen LogP contribution in [0.1, 0.15) is 10.8 Å². The molecule has 0 aromatic heterocycles. The standard InChI is InChI=1S/C11H11NOS/c1-2-7-14-10-8-5-3-4-6-9(8)12-11(10)13/h2-6,10H,1,7H2,(H,12,13). The number of rotatable bonds is 3. The zero-order valence-electron chi connectivity index (χ0n) is 7.69. The van der Waals surface area contributed by atoms with Crippen LogP contribution in [0.25, 0.3) is 0 Å². The van der Waals surface area contributed by atoms with Crippen molar-refractivity contribution < 1.29 is 4.79 Å². The van der Waals surface area contributed by atoms with Crippen LogP contribution < -0.4 is 5.32 Å². The zero-order valence-corrected chi connectivity index (χ0v) is 8.51. The number of hydrogen-bond donors (Lipinski definition) is 1. The first-order chi connectivity index (χ1) is 6.83. The summed E-state index contributed by atoms with van der Waals surface area (Å²) in [7, 11) is 0. The number of nitrogens with one attached hydrogen (secondary N) is 1. The van der Waals surface area contributed by atoms with Crippen molar-refractivity contribution >= 4 is 23.4 Å². The first-order valence-electron chi connectivity index (χ1n) is 4.45. The zero-order chi connectivity index (χ0) is 9.97. The third-order valence-corrected chi connectivity index (χ3v) is 3.35.